The Kier molecular flexibility index (Phi) is 6.76. The molecule has 0 radical (unpaired) electrons. The fourth-order valence-corrected chi connectivity index (χ4v) is 1.61. The van der Waals surface area contributed by atoms with Gasteiger partial charge in [0, 0.05) is 18.0 Å². The molecule has 0 saturated heterocycles. The molecule has 1 aromatic heterocycles. The first-order valence-electron chi connectivity index (χ1n) is 7.97. The number of imide groups is 1. The lowest BCUT2D eigenvalue weighted by molar-refractivity contribution is -0.00171. The topological polar surface area (TPSA) is 81.6 Å². The largest absolute Gasteiger partial charge is 0.445 e. The van der Waals surface area contributed by atoms with Crippen molar-refractivity contribution in [2.75, 3.05) is 0 Å². The zero-order valence-electron chi connectivity index (χ0n) is 15.8. The van der Waals surface area contributed by atoms with Gasteiger partial charge in [0.2, 0.25) is 5.28 Å². The first-order chi connectivity index (χ1) is 11.3. The molecule has 0 spiro atoms. The van der Waals surface area contributed by atoms with Gasteiger partial charge in [0.1, 0.15) is 11.7 Å². The van der Waals surface area contributed by atoms with Gasteiger partial charge in [-0.2, -0.15) is 0 Å². The van der Waals surface area contributed by atoms with Gasteiger partial charge >= 0.3 is 12.2 Å². The monoisotopic (exact) mass is 371 g/mol. The van der Waals surface area contributed by atoms with Crippen molar-refractivity contribution in [2.45, 2.75) is 66.7 Å². The second-order valence-corrected chi connectivity index (χ2v) is 8.16. The predicted molar refractivity (Wildman–Crippen MR) is 94.2 cm³/mol. The van der Waals surface area contributed by atoms with Gasteiger partial charge in [0.25, 0.3) is 0 Å². The van der Waals surface area contributed by atoms with Gasteiger partial charge < -0.3 is 9.47 Å². The van der Waals surface area contributed by atoms with Crippen LogP contribution in [0.4, 0.5) is 9.59 Å². The summed E-state index contributed by atoms with van der Waals surface area (Å²) in [5, 5.41) is 0.0801. The Morgan fingerprint density at radius 2 is 1.64 bits per heavy atom. The van der Waals surface area contributed by atoms with Crippen LogP contribution in [0.25, 0.3) is 0 Å². The van der Waals surface area contributed by atoms with Crippen LogP contribution >= 0.6 is 11.6 Å². The van der Waals surface area contributed by atoms with Crippen LogP contribution in [0, 0.1) is 5.41 Å². The highest BCUT2D eigenvalue weighted by Gasteiger charge is 2.32. The summed E-state index contributed by atoms with van der Waals surface area (Å²) in [6.45, 7) is 12.7. The van der Waals surface area contributed by atoms with Crippen LogP contribution in [-0.2, 0) is 16.0 Å². The maximum Gasteiger partial charge on any atom is 0.420 e. The van der Waals surface area contributed by atoms with E-state index in [2.05, 4.69) is 9.97 Å². The molecular formula is C17H26ClN3O4. The van der Waals surface area contributed by atoms with E-state index in [9.17, 15) is 9.59 Å². The van der Waals surface area contributed by atoms with Crippen molar-refractivity contribution in [3.05, 3.63) is 23.2 Å². The molecule has 140 valence electrons. The molecule has 7 nitrogen and oxygen atoms in total. The average Bonchev–Trinajstić information content (AvgIpc) is 2.43. The van der Waals surface area contributed by atoms with E-state index < -0.39 is 23.9 Å². The van der Waals surface area contributed by atoms with Crippen LogP contribution in [0.3, 0.4) is 0 Å². The summed E-state index contributed by atoms with van der Waals surface area (Å²) in [6, 6.07) is 0. The number of hydrogen-bond donors (Lipinski definition) is 0. The van der Waals surface area contributed by atoms with Crippen molar-refractivity contribution in [3.63, 3.8) is 0 Å². The molecule has 0 aliphatic heterocycles. The van der Waals surface area contributed by atoms with Crippen LogP contribution in [0.5, 0.6) is 0 Å². The molecule has 0 aliphatic carbocycles. The molecule has 8 heteroatoms. The van der Waals surface area contributed by atoms with E-state index in [4.69, 9.17) is 21.1 Å². The Hall–Kier alpha value is -1.89. The third kappa shape index (κ3) is 7.25. The number of ether oxygens (including phenoxy) is 2. The Bertz CT molecular complexity index is 606. The third-order valence-electron chi connectivity index (χ3n) is 3.35. The Balaban J connectivity index is 2.99. The summed E-state index contributed by atoms with van der Waals surface area (Å²) in [7, 11) is 0. The standard InChI is InChI=1S/C17H26ClN3O4/c1-11(16(2,3)4)24-14(22)21(15(23)25-17(5,6)7)10-12-8-19-13(18)20-9-12/h8-9,11H,10H2,1-7H3. The molecule has 1 rings (SSSR count). The molecule has 2 amide bonds. The average molecular weight is 372 g/mol. The SMILES string of the molecule is CC(OC(=O)N(Cc1cnc(Cl)nc1)C(=O)OC(C)(C)C)C(C)(C)C. The Morgan fingerprint density at radius 1 is 1.12 bits per heavy atom. The summed E-state index contributed by atoms with van der Waals surface area (Å²) in [5.74, 6) is 0. The van der Waals surface area contributed by atoms with Gasteiger partial charge in [0.15, 0.2) is 0 Å². The van der Waals surface area contributed by atoms with E-state index in [1.54, 1.807) is 27.7 Å². The highest BCUT2D eigenvalue weighted by atomic mass is 35.5. The molecule has 1 heterocycles. The maximum atomic E-state index is 12.5. The zero-order valence-corrected chi connectivity index (χ0v) is 16.5. The summed E-state index contributed by atoms with van der Waals surface area (Å²) in [5.41, 5.74) is -0.490. The highest BCUT2D eigenvalue weighted by Crippen LogP contribution is 2.23. The smallest absolute Gasteiger partial charge is 0.420 e. The van der Waals surface area contributed by atoms with Crippen LogP contribution in [-0.4, -0.2) is 38.8 Å². The summed E-state index contributed by atoms with van der Waals surface area (Å²) in [6.07, 6.45) is 0.895. The second-order valence-electron chi connectivity index (χ2n) is 7.82. The number of rotatable bonds is 3. The zero-order chi connectivity index (χ0) is 19.4. The molecule has 1 atom stereocenters. The molecule has 0 N–H and O–H groups in total. The molecule has 0 aromatic carbocycles. The lowest BCUT2D eigenvalue weighted by atomic mass is 9.90. The van der Waals surface area contributed by atoms with Gasteiger partial charge in [-0.05, 0) is 44.7 Å². The number of nitrogens with zero attached hydrogens (tertiary/aromatic N) is 3. The molecule has 0 bridgehead atoms. The van der Waals surface area contributed by atoms with E-state index in [0.717, 1.165) is 4.90 Å². The molecule has 0 saturated carbocycles. The van der Waals surface area contributed by atoms with E-state index in [1.165, 1.54) is 12.4 Å². The first-order valence-corrected chi connectivity index (χ1v) is 8.35. The van der Waals surface area contributed by atoms with Gasteiger partial charge in [0.05, 0.1) is 6.54 Å². The lowest BCUT2D eigenvalue weighted by Gasteiger charge is -2.30. The normalized spacial score (nSPS) is 13.1. The van der Waals surface area contributed by atoms with Crippen molar-refractivity contribution >= 4 is 23.8 Å². The minimum absolute atomic E-state index is 0.0801. The quantitative estimate of drug-likeness (QED) is 0.730. The Morgan fingerprint density at radius 3 is 2.08 bits per heavy atom. The van der Waals surface area contributed by atoms with Crippen molar-refractivity contribution in [1.82, 2.24) is 14.9 Å². The number of carbonyl (C=O) groups excluding carboxylic acids is 2. The predicted octanol–water partition coefficient (Wildman–Crippen LogP) is 4.44. The molecule has 0 fully saturated rings. The van der Waals surface area contributed by atoms with E-state index in [1.807, 2.05) is 20.8 Å². The Labute approximate surface area is 153 Å². The number of halogens is 1. The number of carbonyl (C=O) groups is 2. The molecular weight excluding hydrogens is 346 g/mol. The minimum Gasteiger partial charge on any atom is -0.445 e. The molecule has 25 heavy (non-hydrogen) atoms. The number of amides is 2. The minimum atomic E-state index is -0.798. The molecule has 1 unspecified atom stereocenters. The van der Waals surface area contributed by atoms with E-state index >= 15 is 0 Å². The first kappa shape index (κ1) is 21.2. The van der Waals surface area contributed by atoms with Crippen LogP contribution in [0.1, 0.15) is 54.0 Å². The van der Waals surface area contributed by atoms with Gasteiger partial charge in [-0.1, -0.05) is 20.8 Å². The van der Waals surface area contributed by atoms with Gasteiger partial charge in [-0.15, -0.1) is 0 Å². The summed E-state index contributed by atoms with van der Waals surface area (Å²) >= 11 is 5.66. The number of aromatic nitrogens is 2. The van der Waals surface area contributed by atoms with Gasteiger partial charge in [-0.3, -0.25) is 0 Å². The van der Waals surface area contributed by atoms with E-state index in [0.29, 0.717) is 5.56 Å². The third-order valence-corrected chi connectivity index (χ3v) is 3.54. The van der Waals surface area contributed by atoms with Crippen molar-refractivity contribution in [1.29, 1.82) is 0 Å². The second kappa shape index (κ2) is 7.99. The van der Waals surface area contributed by atoms with Crippen LogP contribution < -0.4 is 0 Å². The molecule has 0 aliphatic rings. The highest BCUT2D eigenvalue weighted by molar-refractivity contribution is 6.28. The van der Waals surface area contributed by atoms with E-state index in [-0.39, 0.29) is 17.2 Å². The van der Waals surface area contributed by atoms with Crippen molar-refractivity contribution in [2.24, 2.45) is 5.41 Å². The fraction of sp³-hybridized carbons (Fsp3) is 0.647. The van der Waals surface area contributed by atoms with Crippen molar-refractivity contribution < 1.29 is 19.1 Å². The summed E-state index contributed by atoms with van der Waals surface area (Å²) in [4.78, 5) is 33.6. The molecule has 1 aromatic rings. The number of hydrogen-bond acceptors (Lipinski definition) is 6. The van der Waals surface area contributed by atoms with Crippen molar-refractivity contribution in [3.8, 4) is 0 Å². The van der Waals surface area contributed by atoms with Crippen LogP contribution in [0.15, 0.2) is 12.4 Å². The fourth-order valence-electron chi connectivity index (χ4n) is 1.52. The van der Waals surface area contributed by atoms with Crippen LogP contribution in [0.2, 0.25) is 5.28 Å². The van der Waals surface area contributed by atoms with Gasteiger partial charge in [-0.25, -0.2) is 24.5 Å². The summed E-state index contributed by atoms with van der Waals surface area (Å²) < 4.78 is 10.7. The maximum absolute atomic E-state index is 12.5. The lowest BCUT2D eigenvalue weighted by Crippen LogP contribution is -2.43.